The second-order valence-electron chi connectivity index (χ2n) is 1.87. The number of aliphatic hydroxyl groups excluding tert-OH is 1. The van der Waals surface area contributed by atoms with Crippen molar-refractivity contribution in [3.05, 3.63) is 12.2 Å². The van der Waals surface area contributed by atoms with Crippen LogP contribution in [0.1, 0.15) is 13.3 Å². The van der Waals surface area contributed by atoms with Crippen molar-refractivity contribution in [1.82, 2.24) is 0 Å². The highest BCUT2D eigenvalue weighted by molar-refractivity contribution is 5.69. The second kappa shape index (κ2) is 4.99. The molecule has 0 rings (SSSR count). The maximum atomic E-state index is 10.5. The molecule has 0 aromatic carbocycles. The van der Waals surface area contributed by atoms with Gasteiger partial charge in [-0.15, -0.1) is 0 Å². The summed E-state index contributed by atoms with van der Waals surface area (Å²) in [5.41, 5.74) is 0. The molecule has 0 radical (unpaired) electrons. The number of carbonyl (C=O) groups is 1. The minimum atomic E-state index is -0.711. The first-order valence-electron chi connectivity index (χ1n) is 3.08. The van der Waals surface area contributed by atoms with Crippen LogP contribution in [0.2, 0.25) is 0 Å². The molecule has 0 aliphatic rings. The average molecular weight is 144 g/mol. The Morgan fingerprint density at radius 2 is 2.40 bits per heavy atom. The van der Waals surface area contributed by atoms with Crippen LogP contribution in [0, 0.1) is 0 Å². The quantitative estimate of drug-likeness (QED) is 0.463. The first-order chi connectivity index (χ1) is 4.70. The smallest absolute Gasteiger partial charge is 0.308 e. The highest BCUT2D eigenvalue weighted by Gasteiger charge is 2.05. The molecule has 3 nitrogen and oxygen atoms in total. The SMILES string of the molecule is C/C=C/C(O)CC(=O)OC. The van der Waals surface area contributed by atoms with Gasteiger partial charge in [0.1, 0.15) is 0 Å². The van der Waals surface area contributed by atoms with Crippen molar-refractivity contribution in [2.24, 2.45) is 0 Å². The Bertz CT molecular complexity index is 129. The summed E-state index contributed by atoms with van der Waals surface area (Å²) in [4.78, 5) is 10.5. The fourth-order valence-corrected chi connectivity index (χ4v) is 0.544. The lowest BCUT2D eigenvalue weighted by atomic mass is 10.2. The molecule has 0 saturated carbocycles. The Morgan fingerprint density at radius 3 is 2.80 bits per heavy atom. The summed E-state index contributed by atoms with van der Waals surface area (Å²) < 4.78 is 4.33. The number of rotatable bonds is 3. The van der Waals surface area contributed by atoms with Crippen LogP contribution in [0.4, 0.5) is 0 Å². The van der Waals surface area contributed by atoms with Gasteiger partial charge in [0.25, 0.3) is 0 Å². The summed E-state index contributed by atoms with van der Waals surface area (Å²) in [7, 11) is 1.30. The number of allylic oxidation sites excluding steroid dienone is 1. The molecular weight excluding hydrogens is 132 g/mol. The largest absolute Gasteiger partial charge is 0.469 e. The molecular formula is C7H12O3. The van der Waals surface area contributed by atoms with Crippen LogP contribution < -0.4 is 0 Å². The van der Waals surface area contributed by atoms with E-state index in [0.29, 0.717) is 0 Å². The third-order valence-electron chi connectivity index (χ3n) is 1.02. The molecule has 0 aliphatic heterocycles. The zero-order valence-electron chi connectivity index (χ0n) is 6.20. The lowest BCUT2D eigenvalue weighted by Crippen LogP contribution is -2.11. The van der Waals surface area contributed by atoms with Crippen LogP contribution in [-0.2, 0) is 9.53 Å². The maximum Gasteiger partial charge on any atom is 0.308 e. The van der Waals surface area contributed by atoms with Crippen molar-refractivity contribution >= 4 is 5.97 Å². The molecule has 0 bridgehead atoms. The Morgan fingerprint density at radius 1 is 1.80 bits per heavy atom. The Hall–Kier alpha value is -0.830. The van der Waals surface area contributed by atoms with Gasteiger partial charge >= 0.3 is 5.97 Å². The molecule has 10 heavy (non-hydrogen) atoms. The summed E-state index contributed by atoms with van der Waals surface area (Å²) in [5.74, 6) is -0.398. The third kappa shape index (κ3) is 4.09. The van der Waals surface area contributed by atoms with Crippen LogP contribution >= 0.6 is 0 Å². The van der Waals surface area contributed by atoms with Crippen molar-refractivity contribution in [2.45, 2.75) is 19.4 Å². The number of hydrogen-bond acceptors (Lipinski definition) is 3. The highest BCUT2D eigenvalue weighted by Crippen LogP contribution is 1.94. The van der Waals surface area contributed by atoms with Crippen LogP contribution in [0.3, 0.4) is 0 Å². The third-order valence-corrected chi connectivity index (χ3v) is 1.02. The van der Waals surface area contributed by atoms with Gasteiger partial charge in [-0.25, -0.2) is 0 Å². The zero-order chi connectivity index (χ0) is 7.98. The lowest BCUT2D eigenvalue weighted by molar-refractivity contribution is -0.142. The van der Waals surface area contributed by atoms with E-state index in [9.17, 15) is 4.79 Å². The number of aliphatic hydroxyl groups is 1. The topological polar surface area (TPSA) is 46.5 Å². The van der Waals surface area contributed by atoms with E-state index < -0.39 is 12.1 Å². The summed E-state index contributed by atoms with van der Waals surface area (Å²) in [6.07, 6.45) is 2.54. The van der Waals surface area contributed by atoms with Crippen molar-refractivity contribution in [2.75, 3.05) is 7.11 Å². The summed E-state index contributed by atoms with van der Waals surface area (Å²) in [5, 5.41) is 8.96. The predicted molar refractivity (Wildman–Crippen MR) is 37.5 cm³/mol. The van der Waals surface area contributed by atoms with E-state index in [-0.39, 0.29) is 6.42 Å². The molecule has 0 aromatic heterocycles. The van der Waals surface area contributed by atoms with Crippen LogP contribution in [0.25, 0.3) is 0 Å². The predicted octanol–water partition coefficient (Wildman–Crippen LogP) is 0.486. The number of hydrogen-bond donors (Lipinski definition) is 1. The molecule has 0 spiro atoms. The molecule has 0 fully saturated rings. The molecule has 1 atom stereocenters. The lowest BCUT2D eigenvalue weighted by Gasteiger charge is -2.01. The number of esters is 1. The van der Waals surface area contributed by atoms with Gasteiger partial charge in [0.15, 0.2) is 0 Å². The van der Waals surface area contributed by atoms with Gasteiger partial charge in [-0.2, -0.15) is 0 Å². The molecule has 3 heteroatoms. The monoisotopic (exact) mass is 144 g/mol. The fourth-order valence-electron chi connectivity index (χ4n) is 0.544. The normalized spacial score (nSPS) is 13.5. The van der Waals surface area contributed by atoms with Gasteiger partial charge in [-0.1, -0.05) is 12.2 Å². The zero-order valence-corrected chi connectivity index (χ0v) is 6.20. The first-order valence-corrected chi connectivity index (χ1v) is 3.08. The van der Waals surface area contributed by atoms with E-state index in [1.165, 1.54) is 13.2 Å². The van der Waals surface area contributed by atoms with E-state index in [0.717, 1.165) is 0 Å². The number of methoxy groups -OCH3 is 1. The van der Waals surface area contributed by atoms with E-state index in [1.54, 1.807) is 13.0 Å². The fraction of sp³-hybridized carbons (Fsp3) is 0.571. The van der Waals surface area contributed by atoms with Gasteiger partial charge < -0.3 is 9.84 Å². The molecule has 58 valence electrons. The number of ether oxygens (including phenoxy) is 1. The van der Waals surface area contributed by atoms with E-state index in [1.807, 2.05) is 0 Å². The average Bonchev–Trinajstić information content (AvgIpc) is 1.88. The molecule has 1 N–H and O–H groups in total. The maximum absolute atomic E-state index is 10.5. The van der Waals surface area contributed by atoms with Crippen LogP contribution in [-0.4, -0.2) is 24.3 Å². The molecule has 0 heterocycles. The molecule has 0 saturated heterocycles. The second-order valence-corrected chi connectivity index (χ2v) is 1.87. The van der Waals surface area contributed by atoms with Gasteiger partial charge in [0, 0.05) is 0 Å². The molecule has 0 amide bonds. The summed E-state index contributed by atoms with van der Waals surface area (Å²) >= 11 is 0. The van der Waals surface area contributed by atoms with Crippen LogP contribution in [0.5, 0.6) is 0 Å². The minimum Gasteiger partial charge on any atom is -0.469 e. The van der Waals surface area contributed by atoms with Crippen LogP contribution in [0.15, 0.2) is 12.2 Å². The van der Waals surface area contributed by atoms with Crippen molar-refractivity contribution in [3.63, 3.8) is 0 Å². The minimum absolute atomic E-state index is 0.0286. The molecule has 1 unspecified atom stereocenters. The number of carbonyl (C=O) groups excluding carboxylic acids is 1. The van der Waals surface area contributed by atoms with Gasteiger partial charge in [0.05, 0.1) is 19.6 Å². The summed E-state index contributed by atoms with van der Waals surface area (Å²) in [6, 6.07) is 0. The van der Waals surface area contributed by atoms with Gasteiger partial charge in [0.2, 0.25) is 0 Å². The van der Waals surface area contributed by atoms with Crippen molar-refractivity contribution in [1.29, 1.82) is 0 Å². The van der Waals surface area contributed by atoms with E-state index >= 15 is 0 Å². The molecule has 0 aliphatic carbocycles. The highest BCUT2D eigenvalue weighted by atomic mass is 16.5. The van der Waals surface area contributed by atoms with Crippen molar-refractivity contribution in [3.8, 4) is 0 Å². The van der Waals surface area contributed by atoms with Gasteiger partial charge in [-0.05, 0) is 6.92 Å². The van der Waals surface area contributed by atoms with E-state index in [2.05, 4.69) is 4.74 Å². The first kappa shape index (κ1) is 9.17. The Labute approximate surface area is 60.3 Å². The molecule has 0 aromatic rings. The standard InChI is InChI=1S/C7H12O3/c1-3-4-6(8)5-7(9)10-2/h3-4,6,8H,5H2,1-2H3/b4-3+. The Kier molecular flexibility index (Phi) is 4.58. The van der Waals surface area contributed by atoms with Crippen molar-refractivity contribution < 1.29 is 14.6 Å². The van der Waals surface area contributed by atoms with E-state index in [4.69, 9.17) is 5.11 Å². The summed E-state index contributed by atoms with van der Waals surface area (Å²) in [6.45, 7) is 1.78. The Balaban J connectivity index is 3.57. The van der Waals surface area contributed by atoms with Gasteiger partial charge in [-0.3, -0.25) is 4.79 Å².